The molecule has 0 bridgehead atoms. The molecule has 0 unspecified atom stereocenters. The molecule has 2 N–H and O–H groups in total. The number of aryl methyl sites for hydroxylation is 1. The minimum Gasteiger partial charge on any atom is -0.267 e. The van der Waals surface area contributed by atoms with Gasteiger partial charge in [-0.05, 0) is 42.5 Å². The molecule has 0 saturated carbocycles. The molecule has 5 nitrogen and oxygen atoms in total. The van der Waals surface area contributed by atoms with Crippen molar-refractivity contribution in [1.29, 1.82) is 0 Å². The van der Waals surface area contributed by atoms with E-state index in [0.29, 0.717) is 16.2 Å². The molecule has 0 aliphatic rings. The van der Waals surface area contributed by atoms with Crippen LogP contribution in [-0.4, -0.2) is 23.1 Å². The first-order valence-corrected chi connectivity index (χ1v) is 8.06. The molecule has 1 aromatic heterocycles. The number of benzene rings is 1. The quantitative estimate of drug-likeness (QED) is 0.671. The van der Waals surface area contributed by atoms with Crippen molar-refractivity contribution in [2.24, 2.45) is 0 Å². The molecule has 0 aliphatic carbocycles. The molecule has 0 saturated heterocycles. The van der Waals surface area contributed by atoms with Gasteiger partial charge in [0.2, 0.25) is 0 Å². The van der Waals surface area contributed by atoms with E-state index in [2.05, 4.69) is 15.8 Å². The predicted molar refractivity (Wildman–Crippen MR) is 86.8 cm³/mol. The topological polar surface area (TPSA) is 71.1 Å². The Balaban J connectivity index is 1.99. The zero-order valence-corrected chi connectivity index (χ0v) is 13.2. The van der Waals surface area contributed by atoms with Crippen molar-refractivity contribution < 1.29 is 9.59 Å². The van der Waals surface area contributed by atoms with Crippen LogP contribution in [0.2, 0.25) is 0 Å². The number of hydrogen-bond acceptors (Lipinski definition) is 4. The third kappa shape index (κ3) is 3.85. The van der Waals surface area contributed by atoms with E-state index < -0.39 is 5.91 Å². The number of thioether (sulfide) groups is 1. The molecule has 0 atom stereocenters. The van der Waals surface area contributed by atoms with Gasteiger partial charge in [-0.15, -0.1) is 11.8 Å². The number of rotatable bonds is 4. The molecule has 0 fully saturated rings. The maximum Gasteiger partial charge on any atom is 0.272 e. The molecule has 2 rings (SSSR count). The number of hydrogen-bond donors (Lipinski definition) is 2. The van der Waals surface area contributed by atoms with E-state index in [1.807, 2.05) is 25.3 Å². The summed E-state index contributed by atoms with van der Waals surface area (Å²) in [5, 5.41) is 0.613. The van der Waals surface area contributed by atoms with E-state index >= 15 is 0 Å². The van der Waals surface area contributed by atoms with E-state index in [9.17, 15) is 9.59 Å². The highest BCUT2D eigenvalue weighted by molar-refractivity contribution is 7.98. The van der Waals surface area contributed by atoms with Crippen LogP contribution in [-0.2, 0) is 6.42 Å². The van der Waals surface area contributed by atoms with Crippen molar-refractivity contribution in [2.75, 3.05) is 6.26 Å². The highest BCUT2D eigenvalue weighted by Gasteiger charge is 2.13. The molecule has 1 aromatic carbocycles. The fourth-order valence-corrected chi connectivity index (χ4v) is 2.42. The lowest BCUT2D eigenvalue weighted by atomic mass is 10.1. The summed E-state index contributed by atoms with van der Waals surface area (Å²) in [5.41, 5.74) is 6.89. The number of carbonyl (C=O) groups is 2. The molecule has 22 heavy (non-hydrogen) atoms. The number of amides is 2. The van der Waals surface area contributed by atoms with Crippen molar-refractivity contribution in [2.45, 2.75) is 18.4 Å². The van der Waals surface area contributed by atoms with Crippen molar-refractivity contribution >= 4 is 23.6 Å². The lowest BCUT2D eigenvalue weighted by Gasteiger charge is -2.09. The van der Waals surface area contributed by atoms with Gasteiger partial charge < -0.3 is 0 Å². The number of pyridine rings is 1. The molecule has 0 aliphatic heterocycles. The number of carbonyl (C=O) groups excluding carboxylic acids is 2. The number of nitrogens with one attached hydrogen (secondary N) is 2. The maximum absolute atomic E-state index is 12.1. The average Bonchev–Trinajstić information content (AvgIpc) is 2.59. The SMILES string of the molecule is CCc1ccc(C(=O)NNC(=O)c2cccnc2SC)cc1. The molecule has 2 aromatic rings. The van der Waals surface area contributed by atoms with E-state index in [1.165, 1.54) is 11.8 Å². The second-order valence-electron chi connectivity index (χ2n) is 4.52. The summed E-state index contributed by atoms with van der Waals surface area (Å²) >= 11 is 1.37. The molecule has 114 valence electrons. The lowest BCUT2D eigenvalue weighted by Crippen LogP contribution is -2.41. The zero-order valence-electron chi connectivity index (χ0n) is 12.4. The van der Waals surface area contributed by atoms with Gasteiger partial charge in [-0.2, -0.15) is 0 Å². The van der Waals surface area contributed by atoms with Crippen LogP contribution < -0.4 is 10.9 Å². The predicted octanol–water partition coefficient (Wildman–Crippen LogP) is 2.44. The summed E-state index contributed by atoms with van der Waals surface area (Å²) in [6.07, 6.45) is 4.38. The first kappa shape index (κ1) is 16.0. The van der Waals surface area contributed by atoms with Crippen LogP contribution in [0.4, 0.5) is 0 Å². The Bertz CT molecular complexity index is 671. The molecule has 6 heteroatoms. The molecule has 1 heterocycles. The van der Waals surface area contributed by atoms with Gasteiger partial charge in [0, 0.05) is 11.8 Å². The zero-order chi connectivity index (χ0) is 15.9. The van der Waals surface area contributed by atoms with Crippen LogP contribution in [0.25, 0.3) is 0 Å². The Morgan fingerprint density at radius 3 is 2.41 bits per heavy atom. The number of aromatic nitrogens is 1. The van der Waals surface area contributed by atoms with Crippen molar-refractivity contribution in [3.63, 3.8) is 0 Å². The third-order valence-corrected chi connectivity index (χ3v) is 3.84. The first-order chi connectivity index (χ1) is 10.7. The van der Waals surface area contributed by atoms with Gasteiger partial charge in [-0.1, -0.05) is 19.1 Å². The highest BCUT2D eigenvalue weighted by Crippen LogP contribution is 2.16. The van der Waals surface area contributed by atoms with E-state index in [-0.39, 0.29) is 5.91 Å². The van der Waals surface area contributed by atoms with Gasteiger partial charge in [0.25, 0.3) is 11.8 Å². The fraction of sp³-hybridized carbons (Fsp3) is 0.188. The monoisotopic (exact) mass is 315 g/mol. The Hall–Kier alpha value is -2.34. The normalized spacial score (nSPS) is 10.1. The smallest absolute Gasteiger partial charge is 0.267 e. The molecule has 0 radical (unpaired) electrons. The average molecular weight is 315 g/mol. The van der Waals surface area contributed by atoms with Crippen LogP contribution in [0, 0.1) is 0 Å². The summed E-state index contributed by atoms with van der Waals surface area (Å²) in [4.78, 5) is 28.2. The van der Waals surface area contributed by atoms with Crippen LogP contribution in [0.15, 0.2) is 47.6 Å². The van der Waals surface area contributed by atoms with Crippen LogP contribution in [0.5, 0.6) is 0 Å². The molecule has 0 spiro atoms. The molecular weight excluding hydrogens is 298 g/mol. The van der Waals surface area contributed by atoms with Gasteiger partial charge in [-0.3, -0.25) is 20.4 Å². The van der Waals surface area contributed by atoms with Crippen molar-refractivity contribution in [1.82, 2.24) is 15.8 Å². The van der Waals surface area contributed by atoms with Crippen LogP contribution >= 0.6 is 11.8 Å². The largest absolute Gasteiger partial charge is 0.272 e. The fourth-order valence-electron chi connectivity index (χ4n) is 1.87. The van der Waals surface area contributed by atoms with Gasteiger partial charge in [-0.25, -0.2) is 4.98 Å². The summed E-state index contributed by atoms with van der Waals surface area (Å²) < 4.78 is 0. The van der Waals surface area contributed by atoms with Crippen LogP contribution in [0.1, 0.15) is 33.2 Å². The first-order valence-electron chi connectivity index (χ1n) is 6.84. The van der Waals surface area contributed by atoms with Gasteiger partial charge in [0.05, 0.1) is 5.56 Å². The Kier molecular flexibility index (Phi) is 5.55. The van der Waals surface area contributed by atoms with Crippen LogP contribution in [0.3, 0.4) is 0 Å². The Morgan fingerprint density at radius 1 is 1.09 bits per heavy atom. The van der Waals surface area contributed by atoms with Gasteiger partial charge >= 0.3 is 0 Å². The second-order valence-corrected chi connectivity index (χ2v) is 5.31. The van der Waals surface area contributed by atoms with Crippen molar-refractivity contribution in [3.8, 4) is 0 Å². The van der Waals surface area contributed by atoms with Gasteiger partial charge in [0.15, 0.2) is 0 Å². The summed E-state index contributed by atoms with van der Waals surface area (Å²) in [6.45, 7) is 2.05. The summed E-state index contributed by atoms with van der Waals surface area (Å²) in [6, 6.07) is 10.6. The van der Waals surface area contributed by atoms with E-state index in [0.717, 1.165) is 12.0 Å². The lowest BCUT2D eigenvalue weighted by molar-refractivity contribution is 0.0844. The maximum atomic E-state index is 12.1. The summed E-state index contributed by atoms with van der Waals surface area (Å²) in [5.74, 6) is -0.749. The van der Waals surface area contributed by atoms with E-state index in [4.69, 9.17) is 0 Å². The minimum atomic E-state index is -0.393. The highest BCUT2D eigenvalue weighted by atomic mass is 32.2. The number of hydrazine groups is 1. The summed E-state index contributed by atoms with van der Waals surface area (Å²) in [7, 11) is 0. The Morgan fingerprint density at radius 2 is 1.77 bits per heavy atom. The van der Waals surface area contributed by atoms with E-state index in [1.54, 1.807) is 30.5 Å². The standard InChI is InChI=1S/C16H17N3O2S/c1-3-11-6-8-12(9-7-11)14(20)18-19-15(21)13-5-4-10-17-16(13)22-2/h4-10H,3H2,1-2H3,(H,18,20)(H,19,21). The number of nitrogens with zero attached hydrogens (tertiary/aromatic N) is 1. The molecule has 2 amide bonds. The van der Waals surface area contributed by atoms with Gasteiger partial charge in [0.1, 0.15) is 5.03 Å². The minimum absolute atomic E-state index is 0.356. The second kappa shape index (κ2) is 7.61. The van der Waals surface area contributed by atoms with Crippen molar-refractivity contribution in [3.05, 3.63) is 59.3 Å². The molecular formula is C16H17N3O2S. The third-order valence-electron chi connectivity index (χ3n) is 3.12. The Labute approximate surface area is 133 Å².